The Hall–Kier alpha value is -4.01. The third-order valence-corrected chi connectivity index (χ3v) is 4.84. The zero-order chi connectivity index (χ0) is 20.7. The van der Waals surface area contributed by atoms with Gasteiger partial charge < -0.3 is 10.3 Å². The Kier molecular flexibility index (Phi) is 4.34. The minimum absolute atomic E-state index is 0.0899. The third-order valence-electron chi connectivity index (χ3n) is 4.84. The van der Waals surface area contributed by atoms with E-state index in [1.54, 1.807) is 19.2 Å². The van der Waals surface area contributed by atoms with Gasteiger partial charge in [0.05, 0.1) is 22.4 Å². The number of carbonyl (C=O) groups is 1. The lowest BCUT2D eigenvalue weighted by molar-refractivity contribution is -0.385. The molecular formula is C20H17N5O4. The standard InChI is InChI=1S/C20H17N5O4/c1-11-6-7-16-13(8-11)14-9-21-24(20(27)19(14)23-16)10-18(26)22-15-4-3-5-17(12(15)2)25(28)29/h3-9,23H,10H2,1-2H3,(H,22,26). The van der Waals surface area contributed by atoms with Crippen LogP contribution in [0.3, 0.4) is 0 Å². The number of carbonyl (C=O) groups excluding carboxylic acids is 1. The predicted octanol–water partition coefficient (Wildman–Crippen LogP) is 3.04. The molecule has 9 nitrogen and oxygen atoms in total. The molecule has 0 aliphatic rings. The summed E-state index contributed by atoms with van der Waals surface area (Å²) in [7, 11) is 0. The van der Waals surface area contributed by atoms with E-state index in [9.17, 15) is 19.7 Å². The van der Waals surface area contributed by atoms with Gasteiger partial charge in [0.25, 0.3) is 11.2 Å². The first-order valence-electron chi connectivity index (χ1n) is 8.87. The van der Waals surface area contributed by atoms with Crippen molar-refractivity contribution in [3.8, 4) is 0 Å². The van der Waals surface area contributed by atoms with E-state index in [0.29, 0.717) is 22.2 Å². The maximum absolute atomic E-state index is 12.8. The van der Waals surface area contributed by atoms with Crippen molar-refractivity contribution in [1.82, 2.24) is 14.8 Å². The van der Waals surface area contributed by atoms with Crippen molar-refractivity contribution < 1.29 is 9.72 Å². The molecule has 146 valence electrons. The molecule has 1 amide bonds. The summed E-state index contributed by atoms with van der Waals surface area (Å²) >= 11 is 0. The Morgan fingerprint density at radius 1 is 1.24 bits per heavy atom. The van der Waals surface area contributed by atoms with E-state index in [-0.39, 0.29) is 12.2 Å². The van der Waals surface area contributed by atoms with Crippen molar-refractivity contribution >= 4 is 39.1 Å². The van der Waals surface area contributed by atoms with Crippen molar-refractivity contribution in [2.24, 2.45) is 0 Å². The van der Waals surface area contributed by atoms with E-state index in [1.165, 1.54) is 12.1 Å². The molecule has 0 fully saturated rings. The second kappa shape index (κ2) is 6.86. The summed E-state index contributed by atoms with van der Waals surface area (Å²) in [4.78, 5) is 38.8. The van der Waals surface area contributed by atoms with Crippen molar-refractivity contribution in [1.29, 1.82) is 0 Å². The van der Waals surface area contributed by atoms with E-state index in [4.69, 9.17) is 0 Å². The molecule has 0 bridgehead atoms. The molecule has 0 aliphatic heterocycles. The Morgan fingerprint density at radius 2 is 2.03 bits per heavy atom. The Labute approximate surface area is 164 Å². The van der Waals surface area contributed by atoms with E-state index in [1.807, 2.05) is 25.1 Å². The maximum atomic E-state index is 12.8. The first-order chi connectivity index (χ1) is 13.8. The molecule has 0 saturated heterocycles. The number of hydrogen-bond donors (Lipinski definition) is 2. The molecule has 0 spiro atoms. The topological polar surface area (TPSA) is 123 Å². The number of anilines is 1. The molecule has 0 unspecified atom stereocenters. The zero-order valence-corrected chi connectivity index (χ0v) is 15.7. The van der Waals surface area contributed by atoms with Gasteiger partial charge in [-0.3, -0.25) is 19.7 Å². The van der Waals surface area contributed by atoms with Crippen LogP contribution in [0.25, 0.3) is 21.8 Å². The Morgan fingerprint density at radius 3 is 2.79 bits per heavy atom. The zero-order valence-electron chi connectivity index (χ0n) is 15.7. The number of benzene rings is 2. The van der Waals surface area contributed by atoms with Crippen LogP contribution < -0.4 is 10.9 Å². The number of hydrogen-bond acceptors (Lipinski definition) is 5. The van der Waals surface area contributed by atoms with Crippen molar-refractivity contribution in [2.75, 3.05) is 5.32 Å². The number of rotatable bonds is 4. The van der Waals surface area contributed by atoms with E-state index < -0.39 is 16.4 Å². The normalized spacial score (nSPS) is 11.1. The number of H-pyrrole nitrogens is 1. The number of aromatic amines is 1. The molecule has 0 radical (unpaired) electrons. The third kappa shape index (κ3) is 3.22. The van der Waals surface area contributed by atoms with Crippen LogP contribution in [-0.4, -0.2) is 25.6 Å². The molecule has 9 heteroatoms. The number of nitrogens with one attached hydrogen (secondary N) is 2. The average molecular weight is 391 g/mol. The van der Waals surface area contributed by atoms with Gasteiger partial charge >= 0.3 is 0 Å². The largest absolute Gasteiger partial charge is 0.350 e. The molecule has 2 heterocycles. The Balaban J connectivity index is 1.64. The lowest BCUT2D eigenvalue weighted by Gasteiger charge is -2.09. The van der Waals surface area contributed by atoms with Crippen LogP contribution in [0.4, 0.5) is 11.4 Å². The molecule has 4 aromatic rings. The van der Waals surface area contributed by atoms with Crippen LogP contribution >= 0.6 is 0 Å². The first-order valence-corrected chi connectivity index (χ1v) is 8.87. The van der Waals surface area contributed by atoms with Gasteiger partial charge in [-0.15, -0.1) is 0 Å². The average Bonchev–Trinajstić information content (AvgIpc) is 3.04. The number of nitrogens with zero attached hydrogens (tertiary/aromatic N) is 3. The highest BCUT2D eigenvalue weighted by molar-refractivity contribution is 6.06. The predicted molar refractivity (Wildman–Crippen MR) is 109 cm³/mol. The van der Waals surface area contributed by atoms with Crippen molar-refractivity contribution in [3.05, 3.63) is 74.2 Å². The first kappa shape index (κ1) is 18.4. The fraction of sp³-hybridized carbons (Fsp3) is 0.150. The summed E-state index contributed by atoms with van der Waals surface area (Å²) in [6.45, 7) is 3.20. The van der Waals surface area contributed by atoms with Crippen LogP contribution in [0.15, 0.2) is 47.4 Å². The highest BCUT2D eigenvalue weighted by Gasteiger charge is 2.16. The molecule has 0 saturated carbocycles. The summed E-state index contributed by atoms with van der Waals surface area (Å²) in [5, 5.41) is 19.4. The second-order valence-electron chi connectivity index (χ2n) is 6.83. The fourth-order valence-corrected chi connectivity index (χ4v) is 3.33. The number of aromatic nitrogens is 3. The monoisotopic (exact) mass is 391 g/mol. The lowest BCUT2D eigenvalue weighted by atomic mass is 10.1. The van der Waals surface area contributed by atoms with Crippen LogP contribution in [0.1, 0.15) is 11.1 Å². The van der Waals surface area contributed by atoms with Crippen LogP contribution in [0.5, 0.6) is 0 Å². The molecule has 0 atom stereocenters. The van der Waals surface area contributed by atoms with Gasteiger partial charge in [-0.2, -0.15) is 5.10 Å². The lowest BCUT2D eigenvalue weighted by Crippen LogP contribution is -2.29. The van der Waals surface area contributed by atoms with Crippen molar-refractivity contribution in [3.63, 3.8) is 0 Å². The quantitative estimate of drug-likeness (QED) is 0.409. The number of aryl methyl sites for hydroxylation is 1. The molecule has 4 rings (SSSR count). The minimum Gasteiger partial charge on any atom is -0.350 e. The summed E-state index contributed by atoms with van der Waals surface area (Å²) in [6.07, 6.45) is 1.56. The van der Waals surface area contributed by atoms with Gasteiger partial charge in [0.2, 0.25) is 5.91 Å². The second-order valence-corrected chi connectivity index (χ2v) is 6.83. The summed E-state index contributed by atoms with van der Waals surface area (Å²) in [5.74, 6) is -0.505. The van der Waals surface area contributed by atoms with E-state index in [0.717, 1.165) is 21.1 Å². The molecule has 0 aliphatic carbocycles. The van der Waals surface area contributed by atoms with Gasteiger partial charge in [-0.05, 0) is 32.0 Å². The molecule has 2 aromatic heterocycles. The fourth-order valence-electron chi connectivity index (χ4n) is 3.33. The highest BCUT2D eigenvalue weighted by atomic mass is 16.6. The number of fused-ring (bicyclic) bond motifs is 3. The minimum atomic E-state index is -0.511. The summed E-state index contributed by atoms with van der Waals surface area (Å²) < 4.78 is 1.06. The molecule has 29 heavy (non-hydrogen) atoms. The van der Waals surface area contributed by atoms with Gasteiger partial charge in [-0.1, -0.05) is 17.7 Å². The number of amides is 1. The SMILES string of the molecule is Cc1ccc2[nH]c3c(=O)n(CC(=O)Nc4cccc([N+](=O)[O-])c4C)ncc3c2c1. The van der Waals surface area contributed by atoms with Crippen LogP contribution in [-0.2, 0) is 11.3 Å². The van der Waals surface area contributed by atoms with Gasteiger partial charge in [-0.25, -0.2) is 4.68 Å². The van der Waals surface area contributed by atoms with E-state index in [2.05, 4.69) is 15.4 Å². The van der Waals surface area contributed by atoms with E-state index >= 15 is 0 Å². The van der Waals surface area contributed by atoms with Gasteiger partial charge in [0.15, 0.2) is 0 Å². The summed E-state index contributed by atoms with van der Waals surface area (Å²) in [6, 6.07) is 10.2. The molecule has 2 aromatic carbocycles. The Bertz CT molecular complexity index is 1350. The molecule has 2 N–H and O–H groups in total. The van der Waals surface area contributed by atoms with Crippen LogP contribution in [0, 0.1) is 24.0 Å². The molecular weight excluding hydrogens is 374 g/mol. The van der Waals surface area contributed by atoms with Gasteiger partial charge in [0, 0.05) is 22.4 Å². The summed E-state index contributed by atoms with van der Waals surface area (Å²) in [5.41, 5.74) is 2.41. The smallest absolute Gasteiger partial charge is 0.291 e. The van der Waals surface area contributed by atoms with Crippen LogP contribution in [0.2, 0.25) is 0 Å². The highest BCUT2D eigenvalue weighted by Crippen LogP contribution is 2.25. The number of nitro benzene ring substituents is 1. The maximum Gasteiger partial charge on any atom is 0.291 e. The number of nitro groups is 1. The van der Waals surface area contributed by atoms with Gasteiger partial charge in [0.1, 0.15) is 12.1 Å². The van der Waals surface area contributed by atoms with Crippen molar-refractivity contribution in [2.45, 2.75) is 20.4 Å².